The Labute approximate surface area is 197 Å². The number of aryl methyl sites for hydroxylation is 2. The SMILES string of the molecule is Cc1ccc(C(=O)Nc2cnc(N3CCN(c4cc(Cl)ccc4C)CC3)c(C(=O)O)c2)cc1. The van der Waals surface area contributed by atoms with Crippen LogP contribution in [0.15, 0.2) is 54.7 Å². The maximum Gasteiger partial charge on any atom is 0.339 e. The van der Waals surface area contributed by atoms with E-state index in [1.807, 2.05) is 49.1 Å². The van der Waals surface area contributed by atoms with Crippen LogP contribution in [-0.4, -0.2) is 48.1 Å². The molecule has 0 radical (unpaired) electrons. The second-order valence-corrected chi connectivity index (χ2v) is 8.56. The molecule has 2 heterocycles. The van der Waals surface area contributed by atoms with Crippen molar-refractivity contribution >= 4 is 40.7 Å². The lowest BCUT2D eigenvalue weighted by Crippen LogP contribution is -2.47. The molecule has 1 saturated heterocycles. The highest BCUT2D eigenvalue weighted by molar-refractivity contribution is 6.30. The van der Waals surface area contributed by atoms with Crippen LogP contribution >= 0.6 is 11.6 Å². The van der Waals surface area contributed by atoms with Crippen LogP contribution in [0.4, 0.5) is 17.2 Å². The number of anilines is 3. The van der Waals surface area contributed by atoms with E-state index >= 15 is 0 Å². The Morgan fingerprint density at radius 2 is 1.64 bits per heavy atom. The molecule has 7 nitrogen and oxygen atoms in total. The number of carboxylic acid groups (broad SMARTS) is 1. The van der Waals surface area contributed by atoms with E-state index < -0.39 is 5.97 Å². The second-order valence-electron chi connectivity index (χ2n) is 8.13. The van der Waals surface area contributed by atoms with Gasteiger partial charge in [-0.05, 0) is 49.7 Å². The number of nitrogens with zero attached hydrogens (tertiary/aromatic N) is 3. The molecule has 2 N–H and O–H groups in total. The van der Waals surface area contributed by atoms with Gasteiger partial charge < -0.3 is 20.2 Å². The Kier molecular flexibility index (Phi) is 6.51. The fourth-order valence-electron chi connectivity index (χ4n) is 3.93. The highest BCUT2D eigenvalue weighted by Crippen LogP contribution is 2.28. The Morgan fingerprint density at radius 3 is 2.30 bits per heavy atom. The first-order chi connectivity index (χ1) is 15.8. The van der Waals surface area contributed by atoms with Crippen molar-refractivity contribution in [1.82, 2.24) is 4.98 Å². The Bertz CT molecular complexity index is 1190. The number of aromatic nitrogens is 1. The number of carbonyl (C=O) groups is 2. The van der Waals surface area contributed by atoms with Gasteiger partial charge in [-0.15, -0.1) is 0 Å². The van der Waals surface area contributed by atoms with Gasteiger partial charge in [-0.25, -0.2) is 9.78 Å². The Hall–Kier alpha value is -3.58. The predicted octanol–water partition coefficient (Wildman–Crippen LogP) is 4.63. The minimum Gasteiger partial charge on any atom is -0.478 e. The van der Waals surface area contributed by atoms with Crippen LogP contribution in [0.5, 0.6) is 0 Å². The molecule has 0 saturated carbocycles. The van der Waals surface area contributed by atoms with E-state index in [4.69, 9.17) is 11.6 Å². The van der Waals surface area contributed by atoms with Crippen LogP contribution < -0.4 is 15.1 Å². The molecule has 170 valence electrons. The third kappa shape index (κ3) is 5.09. The maximum atomic E-state index is 12.5. The quantitative estimate of drug-likeness (QED) is 0.572. The van der Waals surface area contributed by atoms with Gasteiger partial charge in [0.05, 0.1) is 11.9 Å². The number of aromatic carboxylic acids is 1. The number of halogens is 1. The summed E-state index contributed by atoms with van der Waals surface area (Å²) < 4.78 is 0. The number of rotatable bonds is 5. The molecule has 33 heavy (non-hydrogen) atoms. The summed E-state index contributed by atoms with van der Waals surface area (Å²) in [5.74, 6) is -0.998. The van der Waals surface area contributed by atoms with E-state index in [0.29, 0.717) is 48.3 Å². The summed E-state index contributed by atoms with van der Waals surface area (Å²) in [5.41, 5.74) is 4.18. The van der Waals surface area contributed by atoms with Gasteiger partial charge in [0.15, 0.2) is 0 Å². The molecule has 2 aromatic carbocycles. The van der Waals surface area contributed by atoms with Gasteiger partial charge in [-0.1, -0.05) is 35.4 Å². The number of benzene rings is 2. The van der Waals surface area contributed by atoms with Gasteiger partial charge >= 0.3 is 5.97 Å². The van der Waals surface area contributed by atoms with E-state index in [1.165, 1.54) is 12.3 Å². The topological polar surface area (TPSA) is 85.8 Å². The van der Waals surface area contributed by atoms with Crippen LogP contribution in [0.2, 0.25) is 5.02 Å². The van der Waals surface area contributed by atoms with E-state index in [9.17, 15) is 14.7 Å². The Balaban J connectivity index is 1.49. The number of hydrogen-bond donors (Lipinski definition) is 2. The largest absolute Gasteiger partial charge is 0.478 e. The molecule has 1 aliphatic heterocycles. The van der Waals surface area contributed by atoms with Crippen LogP contribution in [0.25, 0.3) is 0 Å². The fourth-order valence-corrected chi connectivity index (χ4v) is 4.09. The zero-order chi connectivity index (χ0) is 23.5. The number of pyridine rings is 1. The highest BCUT2D eigenvalue weighted by Gasteiger charge is 2.24. The summed E-state index contributed by atoms with van der Waals surface area (Å²) in [6.45, 7) is 6.66. The number of nitrogens with one attached hydrogen (secondary N) is 1. The number of carbonyl (C=O) groups excluding carboxylic acids is 1. The second kappa shape index (κ2) is 9.50. The zero-order valence-corrected chi connectivity index (χ0v) is 19.3. The molecule has 3 aromatic rings. The molecule has 1 amide bonds. The first-order valence-corrected chi connectivity index (χ1v) is 11.1. The standard InChI is InChI=1S/C25H25ClN4O3/c1-16-3-6-18(7-4-16)24(31)28-20-14-21(25(32)33)23(27-15-20)30-11-9-29(10-12-30)22-13-19(26)8-5-17(22)2/h3-8,13-15H,9-12H2,1-2H3,(H,28,31)(H,32,33). The summed E-state index contributed by atoms with van der Waals surface area (Å²) in [6, 6.07) is 14.4. The molecule has 0 bridgehead atoms. The molecule has 1 aliphatic rings. The third-order valence-corrected chi connectivity index (χ3v) is 5.99. The lowest BCUT2D eigenvalue weighted by Gasteiger charge is -2.37. The minimum atomic E-state index is -1.09. The van der Waals surface area contributed by atoms with Crippen LogP contribution in [-0.2, 0) is 0 Å². The first kappa shape index (κ1) is 22.6. The number of hydrogen-bond acceptors (Lipinski definition) is 5. The number of carboxylic acids is 1. The van der Waals surface area contributed by atoms with Gasteiger partial charge in [0.2, 0.25) is 0 Å². The lowest BCUT2D eigenvalue weighted by molar-refractivity contribution is 0.0696. The van der Waals surface area contributed by atoms with Crippen LogP contribution in [0.1, 0.15) is 31.8 Å². The summed E-state index contributed by atoms with van der Waals surface area (Å²) >= 11 is 6.17. The van der Waals surface area contributed by atoms with E-state index in [0.717, 1.165) is 16.8 Å². The number of amides is 1. The summed E-state index contributed by atoms with van der Waals surface area (Å²) in [4.78, 5) is 33.1. The van der Waals surface area contributed by atoms with Crippen molar-refractivity contribution in [2.45, 2.75) is 13.8 Å². The van der Waals surface area contributed by atoms with Crippen molar-refractivity contribution in [3.8, 4) is 0 Å². The third-order valence-electron chi connectivity index (χ3n) is 5.76. The lowest BCUT2D eigenvalue weighted by atomic mass is 10.1. The van der Waals surface area contributed by atoms with Crippen LogP contribution in [0, 0.1) is 13.8 Å². The van der Waals surface area contributed by atoms with Gasteiger partial charge in [-0.3, -0.25) is 4.79 Å². The molecule has 4 rings (SSSR count). The van der Waals surface area contributed by atoms with E-state index in [1.54, 1.807) is 12.1 Å². The minimum absolute atomic E-state index is 0.0593. The highest BCUT2D eigenvalue weighted by atomic mass is 35.5. The average Bonchev–Trinajstić information content (AvgIpc) is 2.81. The molecule has 0 aliphatic carbocycles. The molecule has 0 spiro atoms. The summed E-state index contributed by atoms with van der Waals surface area (Å²) in [7, 11) is 0. The molecular formula is C25H25ClN4O3. The van der Waals surface area contributed by atoms with Gasteiger partial charge in [0.25, 0.3) is 5.91 Å². The zero-order valence-electron chi connectivity index (χ0n) is 18.5. The average molecular weight is 465 g/mol. The molecule has 1 fully saturated rings. The fraction of sp³-hybridized carbons (Fsp3) is 0.240. The van der Waals surface area contributed by atoms with Crippen molar-refractivity contribution in [1.29, 1.82) is 0 Å². The first-order valence-electron chi connectivity index (χ1n) is 10.7. The van der Waals surface area contributed by atoms with Gasteiger partial charge in [-0.2, -0.15) is 0 Å². The smallest absolute Gasteiger partial charge is 0.339 e. The molecule has 1 aromatic heterocycles. The molecule has 0 atom stereocenters. The summed E-state index contributed by atoms with van der Waals surface area (Å²) in [5, 5.41) is 13.2. The van der Waals surface area contributed by atoms with Gasteiger partial charge in [0.1, 0.15) is 11.4 Å². The van der Waals surface area contributed by atoms with E-state index in [2.05, 4.69) is 15.2 Å². The normalized spacial score (nSPS) is 13.7. The van der Waals surface area contributed by atoms with Crippen molar-refractivity contribution in [2.75, 3.05) is 41.3 Å². The predicted molar refractivity (Wildman–Crippen MR) is 131 cm³/mol. The van der Waals surface area contributed by atoms with Crippen molar-refractivity contribution in [3.05, 3.63) is 82.0 Å². The summed E-state index contributed by atoms with van der Waals surface area (Å²) in [6.07, 6.45) is 1.50. The molecular weight excluding hydrogens is 440 g/mol. The van der Waals surface area contributed by atoms with Crippen molar-refractivity contribution in [3.63, 3.8) is 0 Å². The molecule has 0 unspecified atom stereocenters. The van der Waals surface area contributed by atoms with Gasteiger partial charge in [0, 0.05) is 42.5 Å². The maximum absolute atomic E-state index is 12.5. The van der Waals surface area contributed by atoms with Crippen molar-refractivity contribution < 1.29 is 14.7 Å². The monoisotopic (exact) mass is 464 g/mol. The number of piperazine rings is 1. The Morgan fingerprint density at radius 1 is 0.970 bits per heavy atom. The molecule has 8 heteroatoms. The van der Waals surface area contributed by atoms with Crippen molar-refractivity contribution in [2.24, 2.45) is 0 Å². The van der Waals surface area contributed by atoms with Crippen LogP contribution in [0.3, 0.4) is 0 Å². The van der Waals surface area contributed by atoms with E-state index in [-0.39, 0.29) is 11.5 Å².